The van der Waals surface area contributed by atoms with Crippen molar-refractivity contribution in [3.63, 3.8) is 0 Å². The van der Waals surface area contributed by atoms with Crippen molar-refractivity contribution in [2.75, 3.05) is 33.8 Å². The van der Waals surface area contributed by atoms with Crippen LogP contribution >= 0.6 is 0 Å². The molecule has 162 valence electrons. The zero-order valence-electron chi connectivity index (χ0n) is 17.6. The van der Waals surface area contributed by atoms with Gasteiger partial charge >= 0.3 is 0 Å². The summed E-state index contributed by atoms with van der Waals surface area (Å²) in [5, 5.41) is 13.2. The number of ether oxygens (including phenoxy) is 1. The third-order valence-corrected chi connectivity index (χ3v) is 5.05. The van der Waals surface area contributed by atoms with E-state index in [1.807, 2.05) is 14.1 Å². The van der Waals surface area contributed by atoms with E-state index in [0.717, 1.165) is 17.0 Å². The van der Waals surface area contributed by atoms with Gasteiger partial charge in [0.05, 0.1) is 33.2 Å². The fourth-order valence-corrected chi connectivity index (χ4v) is 3.45. The quantitative estimate of drug-likeness (QED) is 0.294. The number of carbonyl (C=O) groups excluding carboxylic acids is 2. The van der Waals surface area contributed by atoms with Crippen molar-refractivity contribution >= 4 is 17.4 Å². The smallest absolute Gasteiger partial charge is 0.295 e. The van der Waals surface area contributed by atoms with Gasteiger partial charge in [0, 0.05) is 5.57 Å². The van der Waals surface area contributed by atoms with Gasteiger partial charge in [-0.05, 0) is 35.4 Å². The summed E-state index contributed by atoms with van der Waals surface area (Å²) in [6.07, 6.45) is 1.63. The molecule has 1 unspecified atom stereocenters. The highest BCUT2D eigenvalue weighted by molar-refractivity contribution is 6.46. The molecule has 1 amide bonds. The third kappa shape index (κ3) is 4.83. The van der Waals surface area contributed by atoms with Gasteiger partial charge in [-0.2, -0.15) is 0 Å². The van der Waals surface area contributed by atoms with Crippen molar-refractivity contribution in [1.82, 2.24) is 4.90 Å². The average Bonchev–Trinajstić information content (AvgIpc) is 3.01. The van der Waals surface area contributed by atoms with Crippen LogP contribution in [0.3, 0.4) is 0 Å². The van der Waals surface area contributed by atoms with Crippen LogP contribution in [0.25, 0.3) is 5.76 Å². The number of amides is 1. The van der Waals surface area contributed by atoms with Crippen molar-refractivity contribution in [2.24, 2.45) is 0 Å². The number of nitrogens with one attached hydrogen (secondary N) is 1. The summed E-state index contributed by atoms with van der Waals surface area (Å²) in [4.78, 5) is 28.2. The van der Waals surface area contributed by atoms with E-state index in [1.165, 1.54) is 17.0 Å². The molecule has 1 fully saturated rings. The highest BCUT2D eigenvalue weighted by Gasteiger charge is 2.44. The summed E-state index contributed by atoms with van der Waals surface area (Å²) in [6.45, 7) is 4.87. The van der Waals surface area contributed by atoms with Crippen LogP contribution < -0.4 is 14.7 Å². The molecule has 0 saturated carbocycles. The Labute approximate surface area is 180 Å². The number of quaternary nitrogens is 1. The summed E-state index contributed by atoms with van der Waals surface area (Å²) in [5.41, 5.74) is 0.670. The Hall–Kier alpha value is -3.45. The SMILES string of the molecule is C=CCOc1ccc(C2/C(=C(\[O-])c3ccc(F)cc3)C(=O)C(=O)N2CC[NH+](C)C)cc1. The van der Waals surface area contributed by atoms with Crippen LogP contribution in [0.1, 0.15) is 17.2 Å². The molecule has 0 bridgehead atoms. The second-order valence-electron chi connectivity index (χ2n) is 7.61. The van der Waals surface area contributed by atoms with Crippen LogP contribution in [0.5, 0.6) is 5.75 Å². The van der Waals surface area contributed by atoms with E-state index in [9.17, 15) is 19.1 Å². The first-order chi connectivity index (χ1) is 14.8. The Morgan fingerprint density at radius 3 is 2.39 bits per heavy atom. The van der Waals surface area contributed by atoms with Crippen molar-refractivity contribution in [3.05, 3.63) is 83.7 Å². The molecule has 2 aromatic rings. The molecule has 0 radical (unpaired) electrons. The molecule has 3 rings (SSSR count). The fraction of sp³-hybridized carbons (Fsp3) is 0.250. The molecule has 2 aromatic carbocycles. The maximum Gasteiger partial charge on any atom is 0.295 e. The van der Waals surface area contributed by atoms with Gasteiger partial charge in [-0.25, -0.2) is 4.39 Å². The molecule has 1 saturated heterocycles. The van der Waals surface area contributed by atoms with Crippen molar-refractivity contribution in [1.29, 1.82) is 0 Å². The minimum atomic E-state index is -0.819. The summed E-state index contributed by atoms with van der Waals surface area (Å²) < 4.78 is 18.8. The number of Topliss-reactive ketones (excluding diaryl/α,β-unsaturated/α-hetero) is 1. The fourth-order valence-electron chi connectivity index (χ4n) is 3.45. The number of ketones is 1. The lowest BCUT2D eigenvalue weighted by atomic mass is 9.95. The largest absolute Gasteiger partial charge is 0.872 e. The van der Waals surface area contributed by atoms with Crippen LogP contribution in [-0.2, 0) is 9.59 Å². The molecule has 1 aliphatic heterocycles. The lowest BCUT2D eigenvalue weighted by Crippen LogP contribution is -3.06. The number of halogens is 1. The second kappa shape index (κ2) is 9.57. The number of rotatable bonds is 8. The molecule has 1 heterocycles. The number of hydrogen-bond acceptors (Lipinski definition) is 4. The summed E-state index contributed by atoms with van der Waals surface area (Å²) >= 11 is 0. The maximum absolute atomic E-state index is 13.3. The molecule has 1 aliphatic rings. The van der Waals surface area contributed by atoms with Gasteiger partial charge in [0.15, 0.2) is 0 Å². The first-order valence-corrected chi connectivity index (χ1v) is 9.98. The Bertz CT molecular complexity index is 997. The molecular weight excluding hydrogens is 399 g/mol. The van der Waals surface area contributed by atoms with Crippen molar-refractivity contribution in [2.45, 2.75) is 6.04 Å². The van der Waals surface area contributed by atoms with E-state index in [2.05, 4.69) is 6.58 Å². The number of nitrogens with zero attached hydrogens (tertiary/aromatic N) is 1. The second-order valence-corrected chi connectivity index (χ2v) is 7.61. The molecule has 31 heavy (non-hydrogen) atoms. The number of likely N-dealkylation sites (tertiary alicyclic amines) is 1. The van der Waals surface area contributed by atoms with Crippen LogP contribution in [0.15, 0.2) is 66.8 Å². The summed E-state index contributed by atoms with van der Waals surface area (Å²) in [5.74, 6) is -1.98. The molecule has 6 nitrogen and oxygen atoms in total. The predicted octanol–water partition coefficient (Wildman–Crippen LogP) is 0.759. The minimum absolute atomic E-state index is 0.120. The van der Waals surface area contributed by atoms with Crippen molar-refractivity contribution < 1.29 is 28.7 Å². The maximum atomic E-state index is 13.3. The Kier molecular flexibility index (Phi) is 6.87. The first-order valence-electron chi connectivity index (χ1n) is 9.98. The number of benzene rings is 2. The van der Waals surface area contributed by atoms with Gasteiger partial charge in [-0.15, -0.1) is 0 Å². The van der Waals surface area contributed by atoms with E-state index < -0.39 is 29.3 Å². The minimum Gasteiger partial charge on any atom is -0.872 e. The molecule has 0 aliphatic carbocycles. The van der Waals surface area contributed by atoms with E-state index in [1.54, 1.807) is 30.3 Å². The highest BCUT2D eigenvalue weighted by atomic mass is 19.1. The Morgan fingerprint density at radius 1 is 1.16 bits per heavy atom. The monoisotopic (exact) mass is 424 g/mol. The molecule has 1 atom stereocenters. The first kappa shape index (κ1) is 22.2. The van der Waals surface area contributed by atoms with Gasteiger partial charge in [-0.3, -0.25) is 9.59 Å². The predicted molar refractivity (Wildman–Crippen MR) is 113 cm³/mol. The molecule has 1 N–H and O–H groups in total. The van der Waals surface area contributed by atoms with E-state index in [4.69, 9.17) is 4.74 Å². The van der Waals surface area contributed by atoms with Gasteiger partial charge in [-0.1, -0.05) is 42.7 Å². The van der Waals surface area contributed by atoms with Crippen LogP contribution in [0, 0.1) is 5.82 Å². The highest BCUT2D eigenvalue weighted by Crippen LogP contribution is 2.38. The van der Waals surface area contributed by atoms with Gasteiger partial charge in [0.2, 0.25) is 5.78 Å². The third-order valence-electron chi connectivity index (χ3n) is 5.05. The van der Waals surface area contributed by atoms with Crippen LogP contribution in [0.2, 0.25) is 0 Å². The van der Waals surface area contributed by atoms with E-state index >= 15 is 0 Å². The Balaban J connectivity index is 2.07. The summed E-state index contributed by atoms with van der Waals surface area (Å²) in [7, 11) is 3.88. The summed E-state index contributed by atoms with van der Waals surface area (Å²) in [6, 6.07) is 11.1. The molecular formula is C24H25FN2O4. The van der Waals surface area contributed by atoms with Gasteiger partial charge in [0.1, 0.15) is 18.2 Å². The molecule has 0 spiro atoms. The zero-order valence-corrected chi connectivity index (χ0v) is 17.6. The van der Waals surface area contributed by atoms with Gasteiger partial charge < -0.3 is 19.6 Å². The lowest BCUT2D eigenvalue weighted by molar-refractivity contribution is -0.857. The van der Waals surface area contributed by atoms with Crippen LogP contribution in [-0.4, -0.2) is 50.4 Å². The number of carbonyl (C=O) groups is 2. The standard InChI is InChI=1S/C24H25FN2O4/c1-4-15-31-19-11-7-16(8-12-19)21-20(22(28)17-5-9-18(25)10-6-17)23(29)24(30)27(21)14-13-26(2)3/h4-12,21,28H,1,13-15H2,2-3H3/b22-20+. The Morgan fingerprint density at radius 2 is 1.81 bits per heavy atom. The molecule has 7 heteroatoms. The van der Waals surface area contributed by atoms with Crippen LogP contribution in [0.4, 0.5) is 4.39 Å². The van der Waals surface area contributed by atoms with Crippen molar-refractivity contribution in [3.8, 4) is 5.75 Å². The molecule has 0 aromatic heterocycles. The number of likely N-dealkylation sites (N-methyl/N-ethyl adjacent to an activating group) is 1. The zero-order chi connectivity index (χ0) is 22.5. The topological polar surface area (TPSA) is 74.1 Å². The average molecular weight is 424 g/mol. The normalized spacial score (nSPS) is 17.9. The van der Waals surface area contributed by atoms with E-state index in [0.29, 0.717) is 31.0 Å². The van der Waals surface area contributed by atoms with Gasteiger partial charge in [0.25, 0.3) is 5.91 Å². The van der Waals surface area contributed by atoms with E-state index in [-0.39, 0.29) is 11.1 Å². The number of hydrogen-bond donors (Lipinski definition) is 1. The lowest BCUT2D eigenvalue weighted by Gasteiger charge is -2.27.